The molecule has 0 atom stereocenters. The summed E-state index contributed by atoms with van der Waals surface area (Å²) in [6.45, 7) is 6.32. The summed E-state index contributed by atoms with van der Waals surface area (Å²) in [5.41, 5.74) is 6.84. The highest BCUT2D eigenvalue weighted by Gasteiger charge is 2.26. The Bertz CT molecular complexity index is 1040. The number of piperazine rings is 1. The molecule has 3 aromatic rings. The first-order chi connectivity index (χ1) is 16.6. The predicted molar refractivity (Wildman–Crippen MR) is 136 cm³/mol. The SMILES string of the molecule is C/C(=N\NC(=O)CCN1CCN(C(c2ccccc2)c2ccccc2)CC1)c1ccc(O)cc1. The molecular weight excluding hydrogens is 424 g/mol. The van der Waals surface area contributed by atoms with E-state index in [1.807, 2.05) is 6.92 Å². The summed E-state index contributed by atoms with van der Waals surface area (Å²) in [4.78, 5) is 17.2. The lowest BCUT2D eigenvalue weighted by Crippen LogP contribution is -2.48. The lowest BCUT2D eigenvalue weighted by atomic mass is 9.96. The summed E-state index contributed by atoms with van der Waals surface area (Å²) in [7, 11) is 0. The molecule has 1 amide bonds. The maximum atomic E-state index is 12.3. The molecule has 1 aliphatic rings. The molecule has 176 valence electrons. The van der Waals surface area contributed by atoms with E-state index in [9.17, 15) is 9.90 Å². The highest BCUT2D eigenvalue weighted by atomic mass is 16.3. The quantitative estimate of drug-likeness (QED) is 0.397. The van der Waals surface area contributed by atoms with E-state index in [1.165, 1.54) is 11.1 Å². The maximum Gasteiger partial charge on any atom is 0.241 e. The minimum absolute atomic E-state index is 0.0907. The summed E-state index contributed by atoms with van der Waals surface area (Å²) < 4.78 is 0. The fourth-order valence-corrected chi connectivity index (χ4v) is 4.36. The largest absolute Gasteiger partial charge is 0.508 e. The zero-order valence-electron chi connectivity index (χ0n) is 19.6. The van der Waals surface area contributed by atoms with E-state index in [0.717, 1.165) is 38.3 Å². The van der Waals surface area contributed by atoms with Crippen LogP contribution in [0.4, 0.5) is 0 Å². The van der Waals surface area contributed by atoms with Gasteiger partial charge in [-0.2, -0.15) is 5.10 Å². The van der Waals surface area contributed by atoms with Crippen molar-refractivity contribution in [1.29, 1.82) is 0 Å². The molecule has 6 nitrogen and oxygen atoms in total. The van der Waals surface area contributed by atoms with E-state index in [2.05, 4.69) is 81.0 Å². The summed E-state index contributed by atoms with van der Waals surface area (Å²) in [6, 6.07) is 28.4. The summed E-state index contributed by atoms with van der Waals surface area (Å²) >= 11 is 0. The number of nitrogens with one attached hydrogen (secondary N) is 1. The summed E-state index contributed by atoms with van der Waals surface area (Å²) in [6.07, 6.45) is 0.410. The van der Waals surface area contributed by atoms with Gasteiger partial charge in [-0.1, -0.05) is 60.7 Å². The van der Waals surface area contributed by atoms with Gasteiger partial charge in [0.15, 0.2) is 0 Å². The van der Waals surface area contributed by atoms with Crippen molar-refractivity contribution in [3.05, 3.63) is 102 Å². The number of hydrogen-bond donors (Lipinski definition) is 2. The van der Waals surface area contributed by atoms with E-state index in [4.69, 9.17) is 0 Å². The lowest BCUT2D eigenvalue weighted by molar-refractivity contribution is -0.121. The van der Waals surface area contributed by atoms with Gasteiger partial charge in [-0.15, -0.1) is 0 Å². The van der Waals surface area contributed by atoms with Gasteiger partial charge in [0.05, 0.1) is 11.8 Å². The monoisotopic (exact) mass is 456 g/mol. The van der Waals surface area contributed by atoms with Crippen LogP contribution in [0, 0.1) is 0 Å². The highest BCUT2D eigenvalue weighted by Crippen LogP contribution is 2.29. The molecule has 0 unspecified atom stereocenters. The Balaban J connectivity index is 1.28. The van der Waals surface area contributed by atoms with E-state index in [1.54, 1.807) is 24.3 Å². The number of phenolic OH excluding ortho intramolecular Hbond substituents is 1. The second-order valence-electron chi connectivity index (χ2n) is 8.63. The Morgan fingerprint density at radius 3 is 2.00 bits per heavy atom. The number of carbonyl (C=O) groups is 1. The van der Waals surface area contributed by atoms with Crippen LogP contribution in [0.3, 0.4) is 0 Å². The topological polar surface area (TPSA) is 68.2 Å². The van der Waals surface area contributed by atoms with Gasteiger partial charge in [-0.3, -0.25) is 9.69 Å². The third-order valence-electron chi connectivity index (χ3n) is 6.29. The Kier molecular flexibility index (Phi) is 8.07. The van der Waals surface area contributed by atoms with Crippen LogP contribution in [0.2, 0.25) is 0 Å². The number of aromatic hydroxyl groups is 1. The van der Waals surface area contributed by atoms with Gasteiger partial charge in [0.25, 0.3) is 0 Å². The maximum absolute atomic E-state index is 12.3. The molecule has 1 saturated heterocycles. The predicted octanol–water partition coefficient (Wildman–Crippen LogP) is 4.03. The summed E-state index contributed by atoms with van der Waals surface area (Å²) in [5, 5.41) is 13.6. The number of benzene rings is 3. The Morgan fingerprint density at radius 2 is 1.44 bits per heavy atom. The van der Waals surface area contributed by atoms with Crippen molar-refractivity contribution in [1.82, 2.24) is 15.2 Å². The Hall–Kier alpha value is -3.48. The van der Waals surface area contributed by atoms with Crippen LogP contribution in [0.5, 0.6) is 5.75 Å². The fraction of sp³-hybridized carbons (Fsp3) is 0.286. The van der Waals surface area contributed by atoms with Gasteiger partial charge in [0.2, 0.25) is 5.91 Å². The molecule has 0 radical (unpaired) electrons. The minimum Gasteiger partial charge on any atom is -0.508 e. The van der Waals surface area contributed by atoms with Crippen LogP contribution in [0.25, 0.3) is 0 Å². The molecule has 0 bridgehead atoms. The minimum atomic E-state index is -0.0907. The molecule has 34 heavy (non-hydrogen) atoms. The molecule has 2 N–H and O–H groups in total. The highest BCUT2D eigenvalue weighted by molar-refractivity contribution is 5.99. The standard InChI is InChI=1S/C28H32N4O2/c1-22(23-12-14-26(33)15-13-23)29-30-27(34)16-17-31-18-20-32(21-19-31)28(24-8-4-2-5-9-24)25-10-6-3-7-11-25/h2-15,28,33H,16-21H2,1H3,(H,30,34)/b29-22+. The molecule has 0 spiro atoms. The van der Waals surface area contributed by atoms with Gasteiger partial charge in [-0.25, -0.2) is 5.43 Å². The third kappa shape index (κ3) is 6.31. The van der Waals surface area contributed by atoms with E-state index in [-0.39, 0.29) is 17.7 Å². The van der Waals surface area contributed by atoms with E-state index >= 15 is 0 Å². The zero-order chi connectivity index (χ0) is 23.8. The first-order valence-electron chi connectivity index (χ1n) is 11.8. The van der Waals surface area contributed by atoms with Crippen LogP contribution >= 0.6 is 0 Å². The second-order valence-corrected chi connectivity index (χ2v) is 8.63. The lowest BCUT2D eigenvalue weighted by Gasteiger charge is -2.39. The molecule has 0 aromatic heterocycles. The third-order valence-corrected chi connectivity index (χ3v) is 6.29. The van der Waals surface area contributed by atoms with Crippen molar-refractivity contribution in [2.45, 2.75) is 19.4 Å². The first kappa shape index (κ1) is 23.7. The molecule has 0 aliphatic carbocycles. The number of amides is 1. The molecule has 1 heterocycles. The van der Waals surface area contributed by atoms with Crippen LogP contribution in [0.1, 0.15) is 36.1 Å². The Morgan fingerprint density at radius 1 is 0.882 bits per heavy atom. The molecule has 0 saturated carbocycles. The molecular formula is C28H32N4O2. The number of rotatable bonds is 8. The molecule has 1 fully saturated rings. The number of carbonyl (C=O) groups excluding carboxylic acids is 1. The molecule has 4 rings (SSSR count). The molecule has 3 aromatic carbocycles. The van der Waals surface area contributed by atoms with Gasteiger partial charge < -0.3 is 10.0 Å². The summed E-state index contributed by atoms with van der Waals surface area (Å²) in [5.74, 6) is 0.117. The first-order valence-corrected chi connectivity index (χ1v) is 11.8. The second kappa shape index (κ2) is 11.6. The fourth-order valence-electron chi connectivity index (χ4n) is 4.36. The van der Waals surface area contributed by atoms with Crippen molar-refractivity contribution in [2.24, 2.45) is 5.10 Å². The van der Waals surface area contributed by atoms with Crippen LogP contribution in [-0.4, -0.2) is 59.2 Å². The van der Waals surface area contributed by atoms with E-state index < -0.39 is 0 Å². The van der Waals surface area contributed by atoms with Gasteiger partial charge >= 0.3 is 0 Å². The van der Waals surface area contributed by atoms with Crippen molar-refractivity contribution in [3.8, 4) is 5.75 Å². The van der Waals surface area contributed by atoms with Gasteiger partial charge in [-0.05, 0) is 47.9 Å². The number of hydrazone groups is 1. The van der Waals surface area contributed by atoms with Crippen molar-refractivity contribution < 1.29 is 9.90 Å². The van der Waals surface area contributed by atoms with Crippen LogP contribution in [0.15, 0.2) is 90.0 Å². The van der Waals surface area contributed by atoms with Gasteiger partial charge in [0.1, 0.15) is 5.75 Å². The molecule has 1 aliphatic heterocycles. The van der Waals surface area contributed by atoms with Crippen molar-refractivity contribution in [2.75, 3.05) is 32.7 Å². The average molecular weight is 457 g/mol. The smallest absolute Gasteiger partial charge is 0.241 e. The van der Waals surface area contributed by atoms with Crippen molar-refractivity contribution in [3.63, 3.8) is 0 Å². The normalized spacial score (nSPS) is 15.4. The van der Waals surface area contributed by atoms with E-state index in [0.29, 0.717) is 12.1 Å². The van der Waals surface area contributed by atoms with Crippen LogP contribution < -0.4 is 5.43 Å². The van der Waals surface area contributed by atoms with Gasteiger partial charge in [0, 0.05) is 39.1 Å². The molecule has 6 heteroatoms. The number of nitrogens with zero attached hydrogens (tertiary/aromatic N) is 3. The number of phenols is 1. The number of hydrogen-bond acceptors (Lipinski definition) is 5. The van der Waals surface area contributed by atoms with Crippen molar-refractivity contribution >= 4 is 11.6 Å². The zero-order valence-corrected chi connectivity index (χ0v) is 19.6. The van der Waals surface area contributed by atoms with Crippen LogP contribution in [-0.2, 0) is 4.79 Å². The Labute approximate surface area is 201 Å². The average Bonchev–Trinajstić information content (AvgIpc) is 2.88.